The molecule has 0 saturated heterocycles. The van der Waals surface area contributed by atoms with Crippen molar-refractivity contribution in [2.24, 2.45) is 5.41 Å². The van der Waals surface area contributed by atoms with Crippen molar-refractivity contribution in [2.75, 3.05) is 6.61 Å². The van der Waals surface area contributed by atoms with Crippen LogP contribution in [0.3, 0.4) is 0 Å². The van der Waals surface area contributed by atoms with Crippen LogP contribution >= 0.6 is 0 Å². The highest BCUT2D eigenvalue weighted by Gasteiger charge is 2.40. The third-order valence-electron chi connectivity index (χ3n) is 3.71. The molecule has 1 aliphatic carbocycles. The van der Waals surface area contributed by atoms with Crippen LogP contribution in [0.1, 0.15) is 52.9 Å². The minimum atomic E-state index is -0.550. The molecule has 0 bridgehead atoms. The van der Waals surface area contributed by atoms with Crippen LogP contribution in [0.25, 0.3) is 0 Å². The normalized spacial score (nSPS) is 19.7. The van der Waals surface area contributed by atoms with Gasteiger partial charge < -0.3 is 10.1 Å². The number of esters is 1. The first-order valence-electron chi connectivity index (χ1n) is 6.53. The summed E-state index contributed by atoms with van der Waals surface area (Å²) in [6.07, 6.45) is 4.92. The topological polar surface area (TPSA) is 55.4 Å². The Labute approximate surface area is 103 Å². The van der Waals surface area contributed by atoms with Crippen LogP contribution in [-0.2, 0) is 14.3 Å². The van der Waals surface area contributed by atoms with Crippen molar-refractivity contribution in [3.63, 3.8) is 0 Å². The Morgan fingerprint density at radius 1 is 1.29 bits per heavy atom. The van der Waals surface area contributed by atoms with E-state index in [1.165, 1.54) is 0 Å². The molecule has 0 aromatic carbocycles. The number of carbonyl (C=O) groups excluding carboxylic acids is 2. The minimum Gasteiger partial charge on any atom is -0.464 e. The molecule has 1 atom stereocenters. The van der Waals surface area contributed by atoms with E-state index in [9.17, 15) is 9.59 Å². The number of amides is 1. The molecule has 17 heavy (non-hydrogen) atoms. The molecule has 1 N–H and O–H groups in total. The number of hydrogen-bond acceptors (Lipinski definition) is 3. The first kappa shape index (κ1) is 14.0. The average Bonchev–Trinajstić information content (AvgIpc) is 2.79. The molecule has 4 heteroatoms. The first-order chi connectivity index (χ1) is 8.05. The van der Waals surface area contributed by atoms with Gasteiger partial charge in [-0.15, -0.1) is 0 Å². The van der Waals surface area contributed by atoms with Gasteiger partial charge in [-0.1, -0.05) is 19.8 Å². The van der Waals surface area contributed by atoms with Gasteiger partial charge in [0.2, 0.25) is 5.91 Å². The van der Waals surface area contributed by atoms with Crippen molar-refractivity contribution in [3.8, 4) is 0 Å². The van der Waals surface area contributed by atoms with Gasteiger partial charge in [-0.25, -0.2) is 4.79 Å². The predicted molar refractivity (Wildman–Crippen MR) is 65.4 cm³/mol. The van der Waals surface area contributed by atoms with E-state index >= 15 is 0 Å². The summed E-state index contributed by atoms with van der Waals surface area (Å²) < 4.78 is 4.88. The van der Waals surface area contributed by atoms with Gasteiger partial charge in [-0.3, -0.25) is 4.79 Å². The van der Waals surface area contributed by atoms with E-state index in [4.69, 9.17) is 4.74 Å². The molecule has 0 spiro atoms. The predicted octanol–water partition coefficient (Wildman–Crippen LogP) is 2.02. The molecule has 1 unspecified atom stereocenters. The second kappa shape index (κ2) is 6.03. The van der Waals surface area contributed by atoms with Crippen LogP contribution < -0.4 is 5.32 Å². The van der Waals surface area contributed by atoms with Crippen molar-refractivity contribution in [3.05, 3.63) is 0 Å². The summed E-state index contributed by atoms with van der Waals surface area (Å²) in [7, 11) is 0. The van der Waals surface area contributed by atoms with E-state index in [1.807, 2.05) is 6.92 Å². The Bertz CT molecular complexity index is 282. The highest BCUT2D eigenvalue weighted by atomic mass is 16.5. The van der Waals surface area contributed by atoms with Crippen LogP contribution in [0, 0.1) is 5.41 Å². The van der Waals surface area contributed by atoms with Gasteiger partial charge in [0.25, 0.3) is 0 Å². The summed E-state index contributed by atoms with van der Waals surface area (Å²) in [5.41, 5.74) is -0.249. The first-order valence-corrected chi connectivity index (χ1v) is 6.53. The van der Waals surface area contributed by atoms with Crippen molar-refractivity contribution in [1.29, 1.82) is 0 Å². The largest absolute Gasteiger partial charge is 0.464 e. The number of nitrogens with one attached hydrogen (secondary N) is 1. The maximum absolute atomic E-state index is 12.2. The third-order valence-corrected chi connectivity index (χ3v) is 3.71. The number of rotatable bonds is 5. The van der Waals surface area contributed by atoms with Crippen molar-refractivity contribution >= 4 is 11.9 Å². The lowest BCUT2D eigenvalue weighted by atomic mass is 9.82. The molecule has 98 valence electrons. The monoisotopic (exact) mass is 241 g/mol. The molecule has 0 aliphatic heterocycles. The highest BCUT2D eigenvalue weighted by Crippen LogP contribution is 2.41. The van der Waals surface area contributed by atoms with E-state index in [0.717, 1.165) is 32.1 Å². The second-order valence-corrected chi connectivity index (χ2v) is 4.79. The van der Waals surface area contributed by atoms with Gasteiger partial charge in [0.15, 0.2) is 0 Å². The number of ether oxygens (including phenoxy) is 1. The van der Waals surface area contributed by atoms with E-state index in [2.05, 4.69) is 5.32 Å². The molecule has 1 saturated carbocycles. The fourth-order valence-corrected chi connectivity index (χ4v) is 2.47. The Kier molecular flexibility index (Phi) is 4.97. The number of hydrogen-bond donors (Lipinski definition) is 1. The summed E-state index contributed by atoms with van der Waals surface area (Å²) in [6, 6.07) is -0.550. The maximum Gasteiger partial charge on any atom is 0.328 e. The summed E-state index contributed by atoms with van der Waals surface area (Å²) in [5, 5.41) is 2.78. The lowest BCUT2D eigenvalue weighted by Gasteiger charge is -2.27. The lowest BCUT2D eigenvalue weighted by molar-refractivity contribution is -0.148. The molecular weight excluding hydrogens is 218 g/mol. The SMILES string of the molecule is CCOC(=O)C(C)NC(=O)C1(CC)CCCC1. The molecule has 1 amide bonds. The summed E-state index contributed by atoms with van der Waals surface area (Å²) >= 11 is 0. The van der Waals surface area contributed by atoms with Crippen molar-refractivity contribution < 1.29 is 14.3 Å². The zero-order chi connectivity index (χ0) is 12.9. The quantitative estimate of drug-likeness (QED) is 0.749. The van der Waals surface area contributed by atoms with Crippen LogP contribution in [0.4, 0.5) is 0 Å². The minimum absolute atomic E-state index is 0.0121. The molecule has 1 fully saturated rings. The molecule has 0 aromatic rings. The smallest absolute Gasteiger partial charge is 0.328 e. The van der Waals surface area contributed by atoms with Crippen LogP contribution in [0.2, 0.25) is 0 Å². The summed E-state index contributed by atoms with van der Waals surface area (Å²) in [6.45, 7) is 5.82. The Morgan fingerprint density at radius 3 is 2.35 bits per heavy atom. The molecule has 0 aromatic heterocycles. The third kappa shape index (κ3) is 3.20. The molecule has 0 radical (unpaired) electrons. The van der Waals surface area contributed by atoms with Crippen molar-refractivity contribution in [2.45, 2.75) is 58.9 Å². The number of carbonyl (C=O) groups is 2. The van der Waals surface area contributed by atoms with Gasteiger partial charge in [0, 0.05) is 5.41 Å². The highest BCUT2D eigenvalue weighted by molar-refractivity contribution is 5.87. The van der Waals surface area contributed by atoms with Gasteiger partial charge in [-0.05, 0) is 33.1 Å². The van der Waals surface area contributed by atoms with Crippen molar-refractivity contribution in [1.82, 2.24) is 5.32 Å². The van der Waals surface area contributed by atoms with E-state index in [-0.39, 0.29) is 17.3 Å². The zero-order valence-electron chi connectivity index (χ0n) is 11.0. The summed E-state index contributed by atoms with van der Waals surface area (Å²) in [5.74, 6) is -0.344. The Morgan fingerprint density at radius 2 is 1.88 bits per heavy atom. The van der Waals surface area contributed by atoms with Gasteiger partial charge in [0.05, 0.1) is 6.61 Å². The molecular formula is C13H23NO3. The van der Waals surface area contributed by atoms with Crippen LogP contribution in [0.5, 0.6) is 0 Å². The Hall–Kier alpha value is -1.06. The second-order valence-electron chi connectivity index (χ2n) is 4.79. The van der Waals surface area contributed by atoms with Crippen LogP contribution in [-0.4, -0.2) is 24.5 Å². The maximum atomic E-state index is 12.2. The fraction of sp³-hybridized carbons (Fsp3) is 0.846. The molecule has 0 heterocycles. The fourth-order valence-electron chi connectivity index (χ4n) is 2.47. The molecule has 1 aliphatic rings. The molecule has 4 nitrogen and oxygen atoms in total. The summed E-state index contributed by atoms with van der Waals surface area (Å²) in [4.78, 5) is 23.6. The standard InChI is InChI=1S/C13H23NO3/c1-4-13(8-6-7-9-13)12(16)14-10(3)11(15)17-5-2/h10H,4-9H2,1-3H3,(H,14,16). The van der Waals surface area contributed by atoms with E-state index in [1.54, 1.807) is 13.8 Å². The van der Waals surface area contributed by atoms with Gasteiger partial charge >= 0.3 is 5.97 Å². The lowest BCUT2D eigenvalue weighted by Crippen LogP contribution is -2.46. The zero-order valence-corrected chi connectivity index (χ0v) is 11.0. The molecule has 1 rings (SSSR count). The van der Waals surface area contributed by atoms with Gasteiger partial charge in [-0.2, -0.15) is 0 Å². The van der Waals surface area contributed by atoms with Crippen LogP contribution in [0.15, 0.2) is 0 Å². The van der Waals surface area contributed by atoms with E-state index in [0.29, 0.717) is 6.61 Å². The van der Waals surface area contributed by atoms with Gasteiger partial charge in [0.1, 0.15) is 6.04 Å². The van der Waals surface area contributed by atoms with E-state index < -0.39 is 6.04 Å². The average molecular weight is 241 g/mol. The Balaban J connectivity index is 2.55.